The first-order chi connectivity index (χ1) is 15.2. The predicted molar refractivity (Wildman–Crippen MR) is 121 cm³/mol. The number of benzene rings is 4. The summed E-state index contributed by atoms with van der Waals surface area (Å²) in [5.74, 6) is 0.514. The zero-order valence-electron chi connectivity index (χ0n) is 16.5. The van der Waals surface area contributed by atoms with Gasteiger partial charge < -0.3 is 4.74 Å². The van der Waals surface area contributed by atoms with E-state index < -0.39 is 6.23 Å². The van der Waals surface area contributed by atoms with Crippen molar-refractivity contribution in [3.8, 4) is 5.75 Å². The molecule has 0 aliphatic carbocycles. The summed E-state index contributed by atoms with van der Waals surface area (Å²) in [7, 11) is 0. The van der Waals surface area contributed by atoms with Gasteiger partial charge in [0, 0.05) is 22.6 Å². The number of halogens is 2. The van der Waals surface area contributed by atoms with E-state index in [9.17, 15) is 4.39 Å². The second-order valence-electron chi connectivity index (χ2n) is 7.91. The van der Waals surface area contributed by atoms with E-state index in [1.165, 1.54) is 22.9 Å². The minimum atomic E-state index is -0.433. The van der Waals surface area contributed by atoms with Crippen molar-refractivity contribution in [1.82, 2.24) is 5.01 Å². The van der Waals surface area contributed by atoms with E-state index in [1.807, 2.05) is 35.3 Å². The van der Waals surface area contributed by atoms with Crippen LogP contribution in [-0.2, 0) is 0 Å². The quantitative estimate of drug-likeness (QED) is 0.348. The van der Waals surface area contributed by atoms with E-state index in [0.29, 0.717) is 5.02 Å². The molecule has 0 saturated carbocycles. The van der Waals surface area contributed by atoms with Gasteiger partial charge in [-0.3, -0.25) is 0 Å². The smallest absolute Gasteiger partial charge is 0.213 e. The van der Waals surface area contributed by atoms with Gasteiger partial charge in [0.1, 0.15) is 11.6 Å². The largest absolute Gasteiger partial charge is 0.464 e. The summed E-state index contributed by atoms with van der Waals surface area (Å²) in [5.41, 5.74) is 3.97. The molecule has 4 aromatic carbocycles. The van der Waals surface area contributed by atoms with Crippen molar-refractivity contribution in [2.75, 3.05) is 0 Å². The Morgan fingerprint density at radius 2 is 1.71 bits per heavy atom. The molecular weight excluding hydrogens is 411 g/mol. The van der Waals surface area contributed by atoms with Crippen LogP contribution < -0.4 is 4.74 Å². The van der Waals surface area contributed by atoms with E-state index in [2.05, 4.69) is 30.3 Å². The molecule has 0 amide bonds. The van der Waals surface area contributed by atoms with Crippen LogP contribution in [0, 0.1) is 5.82 Å². The third kappa shape index (κ3) is 3.15. The molecule has 0 spiro atoms. The first-order valence-corrected chi connectivity index (χ1v) is 10.6. The van der Waals surface area contributed by atoms with Crippen LogP contribution in [0.2, 0.25) is 5.02 Å². The van der Waals surface area contributed by atoms with Gasteiger partial charge >= 0.3 is 0 Å². The minimum Gasteiger partial charge on any atom is -0.464 e. The van der Waals surface area contributed by atoms with Crippen LogP contribution in [0.3, 0.4) is 0 Å². The van der Waals surface area contributed by atoms with Gasteiger partial charge in [-0.05, 0) is 52.7 Å². The SMILES string of the molecule is Fc1ccc([C@@H]2Oc3ccc(Cl)cc3[C@H]3CC(c4ccc5ccccc5c4)=NN32)cc1. The fourth-order valence-corrected chi connectivity index (χ4v) is 4.63. The van der Waals surface area contributed by atoms with Crippen molar-refractivity contribution in [3.05, 3.63) is 112 Å². The summed E-state index contributed by atoms with van der Waals surface area (Å²) >= 11 is 6.30. The van der Waals surface area contributed by atoms with E-state index in [1.54, 1.807) is 12.1 Å². The molecule has 0 N–H and O–H groups in total. The van der Waals surface area contributed by atoms with Crippen LogP contribution in [0.4, 0.5) is 4.39 Å². The van der Waals surface area contributed by atoms with Gasteiger partial charge in [-0.25, -0.2) is 9.40 Å². The summed E-state index contributed by atoms with van der Waals surface area (Å²) in [5, 5.41) is 10.0. The van der Waals surface area contributed by atoms with Gasteiger partial charge in [-0.2, -0.15) is 5.10 Å². The molecule has 0 unspecified atom stereocenters. The van der Waals surface area contributed by atoms with Gasteiger partial charge in [0.25, 0.3) is 0 Å². The second-order valence-corrected chi connectivity index (χ2v) is 8.35. The molecule has 0 fully saturated rings. The molecule has 0 radical (unpaired) electrons. The van der Waals surface area contributed by atoms with Gasteiger partial charge in [0.15, 0.2) is 0 Å². The van der Waals surface area contributed by atoms with Gasteiger partial charge in [0.2, 0.25) is 6.23 Å². The molecular formula is C26H18ClFN2O. The molecule has 4 aromatic rings. The second kappa shape index (κ2) is 7.10. The Balaban J connectivity index is 1.45. The van der Waals surface area contributed by atoms with Crippen molar-refractivity contribution in [3.63, 3.8) is 0 Å². The highest BCUT2D eigenvalue weighted by atomic mass is 35.5. The van der Waals surface area contributed by atoms with Crippen LogP contribution >= 0.6 is 11.6 Å². The highest BCUT2D eigenvalue weighted by Crippen LogP contribution is 2.48. The van der Waals surface area contributed by atoms with Gasteiger partial charge in [0.05, 0.1) is 11.8 Å². The van der Waals surface area contributed by atoms with Crippen molar-refractivity contribution in [2.24, 2.45) is 5.10 Å². The average Bonchev–Trinajstić information content (AvgIpc) is 3.25. The predicted octanol–water partition coefficient (Wildman–Crippen LogP) is 6.87. The van der Waals surface area contributed by atoms with Crippen LogP contribution in [0.25, 0.3) is 10.8 Å². The Morgan fingerprint density at radius 1 is 0.903 bits per heavy atom. The summed E-state index contributed by atoms with van der Waals surface area (Å²) in [6, 6.07) is 26.8. The van der Waals surface area contributed by atoms with E-state index in [-0.39, 0.29) is 11.9 Å². The highest BCUT2D eigenvalue weighted by molar-refractivity contribution is 6.30. The Labute approximate surface area is 184 Å². The topological polar surface area (TPSA) is 24.8 Å². The highest BCUT2D eigenvalue weighted by Gasteiger charge is 2.41. The number of rotatable bonds is 2. The summed E-state index contributed by atoms with van der Waals surface area (Å²) in [6.07, 6.45) is 0.310. The molecule has 31 heavy (non-hydrogen) atoms. The lowest BCUT2D eigenvalue weighted by molar-refractivity contribution is -0.0190. The first kappa shape index (κ1) is 18.4. The third-order valence-electron chi connectivity index (χ3n) is 5.99. The van der Waals surface area contributed by atoms with E-state index in [0.717, 1.165) is 34.6 Å². The Kier molecular flexibility index (Phi) is 4.22. The molecule has 0 aromatic heterocycles. The zero-order valence-corrected chi connectivity index (χ0v) is 17.3. The molecule has 2 heterocycles. The number of hydrogen-bond donors (Lipinski definition) is 0. The molecule has 0 saturated heterocycles. The van der Waals surface area contributed by atoms with Crippen LogP contribution in [-0.4, -0.2) is 10.7 Å². The maximum absolute atomic E-state index is 13.5. The number of hydrogen-bond acceptors (Lipinski definition) is 3. The average molecular weight is 429 g/mol. The van der Waals surface area contributed by atoms with Crippen molar-refractivity contribution < 1.29 is 9.13 Å². The third-order valence-corrected chi connectivity index (χ3v) is 6.22. The van der Waals surface area contributed by atoms with E-state index in [4.69, 9.17) is 21.4 Å². The zero-order chi connectivity index (χ0) is 20.9. The Bertz CT molecular complexity index is 1340. The molecule has 6 rings (SSSR count). The number of hydrazone groups is 1. The molecule has 2 aliphatic heterocycles. The summed E-state index contributed by atoms with van der Waals surface area (Å²) in [4.78, 5) is 0. The maximum Gasteiger partial charge on any atom is 0.213 e. The number of nitrogens with zero attached hydrogens (tertiary/aromatic N) is 2. The monoisotopic (exact) mass is 428 g/mol. The van der Waals surface area contributed by atoms with Gasteiger partial charge in [-0.15, -0.1) is 0 Å². The fourth-order valence-electron chi connectivity index (χ4n) is 4.45. The molecule has 3 nitrogen and oxygen atoms in total. The summed E-state index contributed by atoms with van der Waals surface area (Å²) in [6.45, 7) is 0. The summed E-state index contributed by atoms with van der Waals surface area (Å²) < 4.78 is 19.8. The minimum absolute atomic E-state index is 0.000951. The van der Waals surface area contributed by atoms with Crippen LogP contribution in [0.5, 0.6) is 5.75 Å². The Morgan fingerprint density at radius 3 is 2.55 bits per heavy atom. The maximum atomic E-state index is 13.5. The normalized spacial score (nSPS) is 19.5. The lowest BCUT2D eigenvalue weighted by atomic mass is 9.95. The Hall–Kier alpha value is -3.37. The lowest BCUT2D eigenvalue weighted by Gasteiger charge is -2.38. The van der Waals surface area contributed by atoms with E-state index >= 15 is 0 Å². The first-order valence-electron chi connectivity index (χ1n) is 10.2. The van der Waals surface area contributed by atoms with Crippen molar-refractivity contribution in [2.45, 2.75) is 18.7 Å². The fraction of sp³-hybridized carbons (Fsp3) is 0.115. The lowest BCUT2D eigenvalue weighted by Crippen LogP contribution is -2.33. The van der Waals surface area contributed by atoms with Crippen LogP contribution in [0.1, 0.15) is 35.4 Å². The van der Waals surface area contributed by atoms with Crippen LogP contribution in [0.15, 0.2) is 90.0 Å². The van der Waals surface area contributed by atoms with Gasteiger partial charge in [-0.1, -0.05) is 60.1 Å². The molecule has 152 valence electrons. The van der Waals surface area contributed by atoms with Crippen molar-refractivity contribution >= 4 is 28.1 Å². The number of fused-ring (bicyclic) bond motifs is 4. The molecule has 2 atom stereocenters. The molecule has 0 bridgehead atoms. The standard InChI is InChI=1S/C26H18ClFN2O/c27-20-9-12-25-22(14-20)24-15-23(19-6-5-16-3-1-2-4-18(16)13-19)29-30(24)26(31-25)17-7-10-21(28)11-8-17/h1-14,24,26H,15H2/t24-,26+/m1/s1. The number of ether oxygens (including phenoxy) is 1. The molecule has 5 heteroatoms. The van der Waals surface area contributed by atoms with Crippen molar-refractivity contribution in [1.29, 1.82) is 0 Å². The molecule has 2 aliphatic rings.